The first-order valence-corrected chi connectivity index (χ1v) is 8.00. The van der Waals surface area contributed by atoms with Gasteiger partial charge in [0.25, 0.3) is 0 Å². The second kappa shape index (κ2) is 6.58. The Morgan fingerprint density at radius 1 is 1.10 bits per heavy atom. The molecular weight excluding hydrogens is 266 g/mol. The lowest BCUT2D eigenvalue weighted by Crippen LogP contribution is -2.29. The van der Waals surface area contributed by atoms with Crippen LogP contribution in [-0.4, -0.2) is 28.2 Å². The Labute approximate surface area is 125 Å². The lowest BCUT2D eigenvalue weighted by Gasteiger charge is -2.30. The molecule has 0 saturated heterocycles. The number of nitrogen functional groups attached to an aromatic ring is 1. The standard InChI is InChI=1S/C15H25N5O/c16-20-14-7-13(18-15(19-14)10-5-6-10)17-8-11-3-1-2-4-12(11)9-21/h7,10-12,21H,1-6,8-9,16H2,(H2,17,18,19,20). The van der Waals surface area contributed by atoms with Crippen molar-refractivity contribution in [1.82, 2.24) is 9.97 Å². The van der Waals surface area contributed by atoms with Crippen LogP contribution in [0.15, 0.2) is 6.07 Å². The summed E-state index contributed by atoms with van der Waals surface area (Å²) in [5.74, 6) is 9.32. The average Bonchev–Trinajstić information content (AvgIpc) is 3.37. The molecule has 2 unspecified atom stereocenters. The minimum Gasteiger partial charge on any atom is -0.396 e. The number of hydrogen-bond acceptors (Lipinski definition) is 6. The van der Waals surface area contributed by atoms with Crippen LogP contribution in [0.4, 0.5) is 11.6 Å². The number of anilines is 2. The van der Waals surface area contributed by atoms with Crippen molar-refractivity contribution >= 4 is 11.6 Å². The molecule has 0 aromatic carbocycles. The van der Waals surface area contributed by atoms with Crippen LogP contribution in [0, 0.1) is 11.8 Å². The second-order valence-corrected chi connectivity index (χ2v) is 6.28. The highest BCUT2D eigenvalue weighted by molar-refractivity contribution is 5.47. The molecule has 2 fully saturated rings. The highest BCUT2D eigenvalue weighted by atomic mass is 16.3. The Morgan fingerprint density at radius 2 is 1.81 bits per heavy atom. The van der Waals surface area contributed by atoms with Crippen LogP contribution in [0.2, 0.25) is 0 Å². The van der Waals surface area contributed by atoms with Gasteiger partial charge in [-0.05, 0) is 37.5 Å². The van der Waals surface area contributed by atoms with Gasteiger partial charge in [-0.1, -0.05) is 12.8 Å². The fourth-order valence-electron chi connectivity index (χ4n) is 3.18. The normalized spacial score (nSPS) is 25.6. The molecule has 5 N–H and O–H groups in total. The molecule has 3 rings (SSSR count). The van der Waals surface area contributed by atoms with Crippen molar-refractivity contribution < 1.29 is 5.11 Å². The molecule has 6 heteroatoms. The van der Waals surface area contributed by atoms with Crippen LogP contribution < -0.4 is 16.6 Å². The Kier molecular flexibility index (Phi) is 4.55. The van der Waals surface area contributed by atoms with Gasteiger partial charge >= 0.3 is 0 Å². The highest BCUT2D eigenvalue weighted by Gasteiger charge is 2.28. The SMILES string of the molecule is NNc1cc(NCC2CCCCC2CO)nc(C2CC2)n1. The fourth-order valence-corrected chi connectivity index (χ4v) is 3.18. The van der Waals surface area contributed by atoms with E-state index in [1.54, 1.807) is 0 Å². The van der Waals surface area contributed by atoms with Crippen molar-refractivity contribution in [2.24, 2.45) is 17.7 Å². The van der Waals surface area contributed by atoms with E-state index in [0.717, 1.165) is 24.6 Å². The number of rotatable bonds is 6. The summed E-state index contributed by atoms with van der Waals surface area (Å²) in [5, 5.41) is 12.9. The maximum Gasteiger partial charge on any atom is 0.145 e. The molecular formula is C15H25N5O. The van der Waals surface area contributed by atoms with Gasteiger partial charge < -0.3 is 15.8 Å². The summed E-state index contributed by atoms with van der Waals surface area (Å²) in [5.41, 5.74) is 2.62. The van der Waals surface area contributed by atoms with Crippen LogP contribution in [-0.2, 0) is 0 Å². The number of nitrogens with two attached hydrogens (primary N) is 1. The topological polar surface area (TPSA) is 96.1 Å². The third kappa shape index (κ3) is 3.63. The van der Waals surface area contributed by atoms with E-state index < -0.39 is 0 Å². The summed E-state index contributed by atoms with van der Waals surface area (Å²) in [6.45, 7) is 1.15. The van der Waals surface area contributed by atoms with Crippen molar-refractivity contribution in [1.29, 1.82) is 0 Å². The number of hydrogen-bond donors (Lipinski definition) is 4. The number of aliphatic hydroxyl groups excluding tert-OH is 1. The van der Waals surface area contributed by atoms with E-state index in [4.69, 9.17) is 5.84 Å². The Balaban J connectivity index is 1.65. The van der Waals surface area contributed by atoms with E-state index in [9.17, 15) is 5.11 Å². The maximum absolute atomic E-state index is 9.49. The third-order valence-electron chi connectivity index (χ3n) is 4.68. The van der Waals surface area contributed by atoms with Crippen molar-refractivity contribution in [3.8, 4) is 0 Å². The van der Waals surface area contributed by atoms with Gasteiger partial charge in [-0.2, -0.15) is 0 Å². The van der Waals surface area contributed by atoms with E-state index in [0.29, 0.717) is 30.2 Å². The highest BCUT2D eigenvalue weighted by Crippen LogP contribution is 2.39. The molecule has 2 aliphatic rings. The van der Waals surface area contributed by atoms with Crippen LogP contribution in [0.1, 0.15) is 50.3 Å². The zero-order chi connectivity index (χ0) is 14.7. The zero-order valence-electron chi connectivity index (χ0n) is 12.4. The largest absolute Gasteiger partial charge is 0.396 e. The Morgan fingerprint density at radius 3 is 2.48 bits per heavy atom. The van der Waals surface area contributed by atoms with Gasteiger partial charge in [-0.15, -0.1) is 0 Å². The minimum absolute atomic E-state index is 0.291. The lowest BCUT2D eigenvalue weighted by atomic mass is 9.79. The van der Waals surface area contributed by atoms with E-state index in [1.807, 2.05) is 6.07 Å². The first-order chi connectivity index (χ1) is 10.3. The summed E-state index contributed by atoms with van der Waals surface area (Å²) in [7, 11) is 0. The monoisotopic (exact) mass is 291 g/mol. The summed E-state index contributed by atoms with van der Waals surface area (Å²) in [6, 6.07) is 1.85. The number of aliphatic hydroxyl groups is 1. The molecule has 0 aliphatic heterocycles. The van der Waals surface area contributed by atoms with Crippen LogP contribution in [0.25, 0.3) is 0 Å². The minimum atomic E-state index is 0.291. The average molecular weight is 291 g/mol. The molecule has 2 aliphatic carbocycles. The summed E-state index contributed by atoms with van der Waals surface area (Å²) < 4.78 is 0. The first-order valence-electron chi connectivity index (χ1n) is 8.00. The predicted molar refractivity (Wildman–Crippen MR) is 82.8 cm³/mol. The number of hydrazine groups is 1. The molecule has 0 radical (unpaired) electrons. The Bertz CT molecular complexity index is 477. The molecule has 2 atom stereocenters. The van der Waals surface area contributed by atoms with Crippen molar-refractivity contribution in [2.75, 3.05) is 23.9 Å². The van der Waals surface area contributed by atoms with Gasteiger partial charge in [0.15, 0.2) is 0 Å². The molecule has 21 heavy (non-hydrogen) atoms. The van der Waals surface area contributed by atoms with Gasteiger partial charge in [0.1, 0.15) is 17.5 Å². The van der Waals surface area contributed by atoms with Gasteiger partial charge in [0, 0.05) is 25.1 Å². The van der Waals surface area contributed by atoms with E-state index >= 15 is 0 Å². The summed E-state index contributed by atoms with van der Waals surface area (Å²) >= 11 is 0. The van der Waals surface area contributed by atoms with Gasteiger partial charge in [0.05, 0.1) is 0 Å². The Hall–Kier alpha value is -1.40. The predicted octanol–water partition coefficient (Wildman–Crippen LogP) is 1.85. The van der Waals surface area contributed by atoms with Gasteiger partial charge in [-0.25, -0.2) is 15.8 Å². The van der Waals surface area contributed by atoms with Crippen molar-refractivity contribution in [3.05, 3.63) is 11.9 Å². The van der Waals surface area contributed by atoms with Crippen molar-refractivity contribution in [2.45, 2.75) is 44.4 Å². The molecule has 6 nitrogen and oxygen atoms in total. The quantitative estimate of drug-likeness (QED) is 0.472. The smallest absolute Gasteiger partial charge is 0.145 e. The zero-order valence-corrected chi connectivity index (χ0v) is 12.4. The number of aromatic nitrogens is 2. The van der Waals surface area contributed by atoms with Gasteiger partial charge in [-0.3, -0.25) is 0 Å². The lowest BCUT2D eigenvalue weighted by molar-refractivity contribution is 0.141. The molecule has 1 aromatic rings. The fraction of sp³-hybridized carbons (Fsp3) is 0.733. The third-order valence-corrected chi connectivity index (χ3v) is 4.68. The van der Waals surface area contributed by atoms with E-state index in [-0.39, 0.29) is 0 Å². The molecule has 0 spiro atoms. The second-order valence-electron chi connectivity index (χ2n) is 6.28. The molecule has 0 amide bonds. The maximum atomic E-state index is 9.49. The number of nitrogens with one attached hydrogen (secondary N) is 2. The van der Waals surface area contributed by atoms with E-state index in [2.05, 4.69) is 20.7 Å². The van der Waals surface area contributed by atoms with Crippen LogP contribution in [0.5, 0.6) is 0 Å². The molecule has 116 valence electrons. The first kappa shape index (κ1) is 14.5. The molecule has 0 bridgehead atoms. The summed E-state index contributed by atoms with van der Waals surface area (Å²) in [4.78, 5) is 9.01. The summed E-state index contributed by atoms with van der Waals surface area (Å²) in [6.07, 6.45) is 7.15. The molecule has 1 aromatic heterocycles. The van der Waals surface area contributed by atoms with Crippen molar-refractivity contribution in [3.63, 3.8) is 0 Å². The van der Waals surface area contributed by atoms with Crippen LogP contribution in [0.3, 0.4) is 0 Å². The van der Waals surface area contributed by atoms with E-state index in [1.165, 1.54) is 32.1 Å². The van der Waals surface area contributed by atoms with Gasteiger partial charge in [0.2, 0.25) is 0 Å². The number of nitrogens with zero attached hydrogens (tertiary/aromatic N) is 2. The molecule has 1 heterocycles. The van der Waals surface area contributed by atoms with Crippen LogP contribution >= 0.6 is 0 Å². The molecule has 2 saturated carbocycles.